The highest BCUT2D eigenvalue weighted by Gasteiger charge is 2.53. The molecule has 3 saturated heterocycles. The van der Waals surface area contributed by atoms with Crippen molar-refractivity contribution in [1.82, 2.24) is 15.1 Å². The first kappa shape index (κ1) is 24.1. The number of likely N-dealkylation sites (tertiary alicyclic amines) is 1. The summed E-state index contributed by atoms with van der Waals surface area (Å²) >= 11 is 0. The first-order valence-corrected chi connectivity index (χ1v) is 12.5. The second kappa shape index (κ2) is 8.92. The van der Waals surface area contributed by atoms with Crippen molar-refractivity contribution < 1.29 is 22.6 Å². The Kier molecular flexibility index (Phi) is 5.81. The predicted octanol–water partition coefficient (Wildman–Crippen LogP) is 4.65. The minimum absolute atomic E-state index is 0.0784. The summed E-state index contributed by atoms with van der Waals surface area (Å²) in [7, 11) is 0. The molecule has 0 atom stereocenters. The third kappa shape index (κ3) is 4.62. The van der Waals surface area contributed by atoms with Gasteiger partial charge in [0.1, 0.15) is 17.9 Å². The number of rotatable bonds is 5. The van der Waals surface area contributed by atoms with E-state index in [2.05, 4.69) is 21.2 Å². The minimum Gasteiger partial charge on any atom is -0.489 e. The molecule has 6 rings (SSSR count). The van der Waals surface area contributed by atoms with Gasteiger partial charge >= 0.3 is 6.18 Å². The maximum atomic E-state index is 12.7. The Balaban J connectivity index is 1.26. The molecule has 7 nitrogen and oxygen atoms in total. The average molecular weight is 512 g/mol. The zero-order chi connectivity index (χ0) is 25.8. The van der Waals surface area contributed by atoms with Crippen LogP contribution in [0.5, 0.6) is 5.75 Å². The summed E-state index contributed by atoms with van der Waals surface area (Å²) in [6, 6.07) is 12.1. The first-order chi connectivity index (χ1) is 17.7. The number of nitrogens with zero attached hydrogens (tertiary/aromatic N) is 4. The fourth-order valence-electron chi connectivity index (χ4n) is 5.98. The smallest absolute Gasteiger partial charge is 0.401 e. The van der Waals surface area contributed by atoms with Gasteiger partial charge in [0.2, 0.25) is 0 Å². The zero-order valence-electron chi connectivity index (χ0n) is 20.6. The van der Waals surface area contributed by atoms with Gasteiger partial charge in [0.25, 0.3) is 0 Å². The highest BCUT2D eigenvalue weighted by Crippen LogP contribution is 2.44. The first-order valence-electron chi connectivity index (χ1n) is 12.5. The molecule has 10 heteroatoms. The SMILES string of the molecule is Cc1n[nH]c2cc(-c3ccc(C#N)c(N4CC5(CN(CC(F)(F)F)C5)C4)c3)cc(OC3CCOCC3)c12. The monoisotopic (exact) mass is 511 g/mol. The molecule has 1 aromatic heterocycles. The van der Waals surface area contributed by atoms with Crippen LogP contribution in [0.15, 0.2) is 30.3 Å². The van der Waals surface area contributed by atoms with Crippen molar-refractivity contribution in [3.05, 3.63) is 41.6 Å². The summed E-state index contributed by atoms with van der Waals surface area (Å²) in [5, 5.41) is 18.2. The van der Waals surface area contributed by atoms with Gasteiger partial charge < -0.3 is 14.4 Å². The minimum atomic E-state index is -4.17. The maximum Gasteiger partial charge on any atom is 0.401 e. The molecule has 0 amide bonds. The van der Waals surface area contributed by atoms with E-state index in [9.17, 15) is 18.4 Å². The van der Waals surface area contributed by atoms with E-state index in [1.807, 2.05) is 37.3 Å². The molecular weight excluding hydrogens is 483 g/mol. The number of fused-ring (bicyclic) bond motifs is 1. The predicted molar refractivity (Wildman–Crippen MR) is 133 cm³/mol. The largest absolute Gasteiger partial charge is 0.489 e. The molecule has 3 fully saturated rings. The number of halogens is 3. The Morgan fingerprint density at radius 2 is 1.89 bits per heavy atom. The van der Waals surface area contributed by atoms with Crippen LogP contribution < -0.4 is 9.64 Å². The lowest BCUT2D eigenvalue weighted by Gasteiger charge is -2.61. The maximum absolute atomic E-state index is 12.7. The number of aromatic nitrogens is 2. The van der Waals surface area contributed by atoms with E-state index in [1.165, 1.54) is 4.90 Å². The molecule has 3 aliphatic rings. The van der Waals surface area contributed by atoms with Crippen LogP contribution in [-0.4, -0.2) is 73.3 Å². The molecule has 3 aromatic rings. The van der Waals surface area contributed by atoms with Gasteiger partial charge in [-0.3, -0.25) is 10.00 Å². The molecule has 2 aromatic carbocycles. The lowest BCUT2D eigenvalue weighted by atomic mass is 9.72. The van der Waals surface area contributed by atoms with Crippen LogP contribution >= 0.6 is 0 Å². The van der Waals surface area contributed by atoms with Crippen LogP contribution in [0.1, 0.15) is 24.1 Å². The van der Waals surface area contributed by atoms with Crippen molar-refractivity contribution in [2.24, 2.45) is 5.41 Å². The van der Waals surface area contributed by atoms with Crippen molar-refractivity contribution in [2.45, 2.75) is 32.0 Å². The Labute approximate surface area is 212 Å². The van der Waals surface area contributed by atoms with E-state index in [1.54, 1.807) is 0 Å². The van der Waals surface area contributed by atoms with Crippen LogP contribution in [-0.2, 0) is 4.74 Å². The van der Waals surface area contributed by atoms with Gasteiger partial charge in [-0.1, -0.05) is 6.07 Å². The standard InChI is InChI=1S/C27H28F3N5O2/c1-17-25-22(33-32-17)8-20(10-24(25)37-21-4-6-36-7-5-21)18-2-3-19(11-31)23(9-18)35-14-26(15-35)12-34(13-26)16-27(28,29)30/h2-3,8-10,21H,4-7,12-16H2,1H3,(H,32,33). The number of hydrogen-bond donors (Lipinski definition) is 1. The molecule has 0 saturated carbocycles. The number of benzene rings is 2. The van der Waals surface area contributed by atoms with Gasteiger partial charge in [0.05, 0.1) is 47.6 Å². The number of nitrogens with one attached hydrogen (secondary N) is 1. The number of aromatic amines is 1. The summed E-state index contributed by atoms with van der Waals surface area (Å²) in [5.41, 5.74) is 4.88. The van der Waals surface area contributed by atoms with Crippen molar-refractivity contribution in [1.29, 1.82) is 5.26 Å². The Bertz CT molecular complexity index is 1360. The molecule has 0 bridgehead atoms. The molecule has 1 N–H and O–H groups in total. The molecule has 37 heavy (non-hydrogen) atoms. The summed E-state index contributed by atoms with van der Waals surface area (Å²) in [6.45, 7) is 4.63. The molecule has 0 unspecified atom stereocenters. The number of alkyl halides is 3. The third-order valence-corrected chi connectivity index (χ3v) is 7.64. The van der Waals surface area contributed by atoms with Crippen LogP contribution in [0.2, 0.25) is 0 Å². The van der Waals surface area contributed by atoms with E-state index < -0.39 is 12.7 Å². The van der Waals surface area contributed by atoms with Gasteiger partial charge in [-0.15, -0.1) is 0 Å². The van der Waals surface area contributed by atoms with Crippen molar-refractivity contribution in [3.63, 3.8) is 0 Å². The second-order valence-corrected chi connectivity index (χ2v) is 10.6. The number of hydrogen-bond acceptors (Lipinski definition) is 6. The van der Waals surface area contributed by atoms with E-state index in [0.29, 0.717) is 45.0 Å². The number of H-pyrrole nitrogens is 1. The van der Waals surface area contributed by atoms with E-state index in [0.717, 1.165) is 52.0 Å². The topological polar surface area (TPSA) is 77.4 Å². The molecule has 194 valence electrons. The quantitative estimate of drug-likeness (QED) is 0.537. The van der Waals surface area contributed by atoms with Gasteiger partial charge in [-0.05, 0) is 42.3 Å². The van der Waals surface area contributed by atoms with Gasteiger partial charge in [-0.2, -0.15) is 23.5 Å². The van der Waals surface area contributed by atoms with Gasteiger partial charge in [-0.25, -0.2) is 0 Å². The molecule has 3 aliphatic heterocycles. The molecule has 4 heterocycles. The zero-order valence-corrected chi connectivity index (χ0v) is 20.6. The molecular formula is C27H28F3N5O2. The average Bonchev–Trinajstić information content (AvgIpc) is 3.20. The third-order valence-electron chi connectivity index (χ3n) is 7.64. The lowest BCUT2D eigenvalue weighted by molar-refractivity contribution is -0.172. The Morgan fingerprint density at radius 3 is 2.59 bits per heavy atom. The number of aryl methyl sites for hydroxylation is 1. The lowest BCUT2D eigenvalue weighted by Crippen LogP contribution is -2.73. The van der Waals surface area contributed by atoms with Crippen LogP contribution in [0, 0.1) is 23.7 Å². The molecule has 0 aliphatic carbocycles. The highest BCUT2D eigenvalue weighted by atomic mass is 19.4. The summed E-state index contributed by atoms with van der Waals surface area (Å²) < 4.78 is 50.0. The van der Waals surface area contributed by atoms with Gasteiger partial charge in [0, 0.05) is 44.4 Å². The fraction of sp³-hybridized carbons (Fsp3) is 0.481. The normalized spacial score (nSPS) is 20.0. The number of anilines is 1. The van der Waals surface area contributed by atoms with Crippen molar-refractivity contribution in [3.8, 4) is 22.9 Å². The molecule has 1 spiro atoms. The van der Waals surface area contributed by atoms with Gasteiger partial charge in [0.15, 0.2) is 0 Å². The van der Waals surface area contributed by atoms with Crippen LogP contribution in [0.25, 0.3) is 22.0 Å². The Morgan fingerprint density at radius 1 is 1.14 bits per heavy atom. The number of nitriles is 1. The fourth-order valence-corrected chi connectivity index (χ4v) is 5.98. The molecule has 0 radical (unpaired) electrons. The summed E-state index contributed by atoms with van der Waals surface area (Å²) in [4.78, 5) is 3.55. The Hall–Kier alpha value is -3.29. The van der Waals surface area contributed by atoms with Crippen molar-refractivity contribution >= 4 is 16.6 Å². The van der Waals surface area contributed by atoms with Crippen LogP contribution in [0.4, 0.5) is 18.9 Å². The van der Waals surface area contributed by atoms with Crippen LogP contribution in [0.3, 0.4) is 0 Å². The van der Waals surface area contributed by atoms with E-state index in [-0.39, 0.29) is 11.5 Å². The second-order valence-electron chi connectivity index (χ2n) is 10.6. The van der Waals surface area contributed by atoms with E-state index in [4.69, 9.17) is 9.47 Å². The summed E-state index contributed by atoms with van der Waals surface area (Å²) in [5.74, 6) is 0.777. The van der Waals surface area contributed by atoms with E-state index >= 15 is 0 Å². The van der Waals surface area contributed by atoms with Crippen molar-refractivity contribution in [2.75, 3.05) is 50.8 Å². The highest BCUT2D eigenvalue weighted by molar-refractivity contribution is 5.92. The number of ether oxygens (including phenoxy) is 2. The summed E-state index contributed by atoms with van der Waals surface area (Å²) in [6.07, 6.45) is -2.43.